The third-order valence-electron chi connectivity index (χ3n) is 3.52. The highest BCUT2D eigenvalue weighted by atomic mass is 16.4. The van der Waals surface area contributed by atoms with E-state index in [9.17, 15) is 9.90 Å². The van der Waals surface area contributed by atoms with E-state index in [0.717, 1.165) is 10.9 Å². The van der Waals surface area contributed by atoms with Gasteiger partial charge in [-0.15, -0.1) is 13.2 Å². The zero-order chi connectivity index (χ0) is 16.2. The number of carboxylic acid groups (broad SMARTS) is 1. The number of rotatable bonds is 8. The zero-order valence-electron chi connectivity index (χ0n) is 12.5. The zero-order valence-corrected chi connectivity index (χ0v) is 12.5. The first-order valence-electron chi connectivity index (χ1n) is 6.92. The lowest BCUT2D eigenvalue weighted by Crippen LogP contribution is -2.59. The number of aromatic nitrogens is 2. The van der Waals surface area contributed by atoms with E-state index in [4.69, 9.17) is 0 Å². The molecule has 0 aliphatic heterocycles. The van der Waals surface area contributed by atoms with Crippen molar-refractivity contribution in [1.29, 1.82) is 0 Å². The molecule has 0 unspecified atom stereocenters. The molecule has 116 valence electrons. The van der Waals surface area contributed by atoms with Gasteiger partial charge in [0.15, 0.2) is 5.66 Å². The Balaban J connectivity index is 2.54. The highest BCUT2D eigenvalue weighted by Crippen LogP contribution is 2.24. The first kappa shape index (κ1) is 15.9. The van der Waals surface area contributed by atoms with Crippen LogP contribution in [-0.2, 0) is 17.5 Å². The van der Waals surface area contributed by atoms with Crippen LogP contribution in [0.15, 0.2) is 49.7 Å². The van der Waals surface area contributed by atoms with Crippen LogP contribution < -0.4 is 10.6 Å². The van der Waals surface area contributed by atoms with Crippen LogP contribution in [0.5, 0.6) is 0 Å². The van der Waals surface area contributed by atoms with Gasteiger partial charge in [0.1, 0.15) is 0 Å². The number of aliphatic carboxylic acids is 1. The minimum Gasteiger partial charge on any atom is -0.479 e. The molecular formula is C16H20N4O2. The monoisotopic (exact) mass is 300 g/mol. The van der Waals surface area contributed by atoms with Crippen molar-refractivity contribution in [2.45, 2.75) is 5.66 Å². The van der Waals surface area contributed by atoms with Gasteiger partial charge in [0.25, 0.3) is 0 Å². The van der Waals surface area contributed by atoms with Gasteiger partial charge in [-0.3, -0.25) is 15.3 Å². The van der Waals surface area contributed by atoms with Gasteiger partial charge in [-0.05, 0) is 17.7 Å². The number of benzene rings is 1. The number of hydrogen-bond donors (Lipinski definition) is 3. The molecule has 1 aromatic heterocycles. The Kier molecular flexibility index (Phi) is 4.75. The van der Waals surface area contributed by atoms with E-state index in [1.807, 2.05) is 19.2 Å². The Morgan fingerprint density at radius 3 is 2.55 bits per heavy atom. The average molecular weight is 300 g/mol. The fourth-order valence-electron chi connectivity index (χ4n) is 2.39. The van der Waals surface area contributed by atoms with Crippen LogP contribution in [-0.4, -0.2) is 33.9 Å². The van der Waals surface area contributed by atoms with Gasteiger partial charge in [0.2, 0.25) is 0 Å². The van der Waals surface area contributed by atoms with Crippen molar-refractivity contribution in [1.82, 2.24) is 20.4 Å². The largest absolute Gasteiger partial charge is 0.479 e. The number of carboxylic acids is 1. The van der Waals surface area contributed by atoms with Gasteiger partial charge in [0, 0.05) is 25.5 Å². The summed E-state index contributed by atoms with van der Waals surface area (Å²) in [5.74, 6) is -1.01. The SMILES string of the molecule is C=CCNC(NCC=C)(C(=O)O)c1ccc2c(cnn2C)c1. The molecule has 0 radical (unpaired) electrons. The van der Waals surface area contributed by atoms with Gasteiger partial charge in [0.05, 0.1) is 11.7 Å². The van der Waals surface area contributed by atoms with Gasteiger partial charge in [-0.25, -0.2) is 4.79 Å². The van der Waals surface area contributed by atoms with Gasteiger partial charge in [-0.1, -0.05) is 18.2 Å². The fraction of sp³-hybridized carbons (Fsp3) is 0.250. The van der Waals surface area contributed by atoms with Crippen LogP contribution in [0.4, 0.5) is 0 Å². The van der Waals surface area contributed by atoms with E-state index in [0.29, 0.717) is 18.7 Å². The van der Waals surface area contributed by atoms with E-state index in [-0.39, 0.29) is 0 Å². The summed E-state index contributed by atoms with van der Waals surface area (Å²) in [7, 11) is 1.85. The average Bonchev–Trinajstić information content (AvgIpc) is 2.88. The topological polar surface area (TPSA) is 79.2 Å². The molecule has 0 aliphatic carbocycles. The Hall–Kier alpha value is -2.44. The van der Waals surface area contributed by atoms with Crippen molar-refractivity contribution in [3.63, 3.8) is 0 Å². The second kappa shape index (κ2) is 6.55. The van der Waals surface area contributed by atoms with Crippen molar-refractivity contribution in [2.75, 3.05) is 13.1 Å². The van der Waals surface area contributed by atoms with Crippen LogP contribution in [0.1, 0.15) is 5.56 Å². The van der Waals surface area contributed by atoms with Crippen LogP contribution in [0.2, 0.25) is 0 Å². The molecule has 2 aromatic rings. The van der Waals surface area contributed by atoms with Crippen LogP contribution in [0.25, 0.3) is 10.9 Å². The standard InChI is InChI=1S/C16H20N4O2/c1-4-8-17-16(15(21)22,18-9-5-2)13-6-7-14-12(10-13)11-19-20(14)3/h4-7,10-11,17-18H,1-2,8-9H2,3H3,(H,21,22). The number of nitrogens with zero attached hydrogens (tertiary/aromatic N) is 2. The molecule has 0 atom stereocenters. The van der Waals surface area contributed by atoms with Crippen molar-refractivity contribution in [2.24, 2.45) is 7.05 Å². The maximum absolute atomic E-state index is 12.0. The Bertz CT molecular complexity index is 693. The minimum absolute atomic E-state index is 0.349. The fourth-order valence-corrected chi connectivity index (χ4v) is 2.39. The lowest BCUT2D eigenvalue weighted by atomic mass is 9.97. The molecule has 0 amide bonds. The maximum Gasteiger partial charge on any atom is 0.343 e. The summed E-state index contributed by atoms with van der Waals surface area (Å²) >= 11 is 0. The first-order chi connectivity index (χ1) is 10.5. The van der Waals surface area contributed by atoms with Crippen LogP contribution >= 0.6 is 0 Å². The molecule has 0 fully saturated rings. The van der Waals surface area contributed by atoms with E-state index >= 15 is 0 Å². The molecule has 0 aliphatic rings. The number of fused-ring (bicyclic) bond motifs is 1. The summed E-state index contributed by atoms with van der Waals surface area (Å²) in [4.78, 5) is 12.0. The summed E-state index contributed by atoms with van der Waals surface area (Å²) in [6, 6.07) is 5.47. The van der Waals surface area contributed by atoms with Crippen LogP contribution in [0.3, 0.4) is 0 Å². The summed E-state index contributed by atoms with van der Waals surface area (Å²) in [5, 5.41) is 20.9. The molecule has 22 heavy (non-hydrogen) atoms. The Morgan fingerprint density at radius 2 is 2.00 bits per heavy atom. The third kappa shape index (κ3) is 2.79. The number of aryl methyl sites for hydroxylation is 1. The van der Waals surface area contributed by atoms with Crippen molar-refractivity contribution >= 4 is 16.9 Å². The molecule has 6 nitrogen and oxygen atoms in total. The van der Waals surface area contributed by atoms with E-state index < -0.39 is 11.6 Å². The highest BCUT2D eigenvalue weighted by Gasteiger charge is 2.39. The van der Waals surface area contributed by atoms with Crippen molar-refractivity contribution in [3.8, 4) is 0 Å². The highest BCUT2D eigenvalue weighted by molar-refractivity contribution is 5.85. The Labute approximate surface area is 129 Å². The van der Waals surface area contributed by atoms with Crippen LogP contribution in [0, 0.1) is 0 Å². The molecule has 0 saturated heterocycles. The van der Waals surface area contributed by atoms with E-state index in [2.05, 4.69) is 28.9 Å². The summed E-state index contributed by atoms with van der Waals surface area (Å²) in [5.41, 5.74) is 0.131. The molecule has 2 rings (SSSR count). The molecular weight excluding hydrogens is 280 g/mol. The molecule has 3 N–H and O–H groups in total. The van der Waals surface area contributed by atoms with Crippen molar-refractivity contribution in [3.05, 3.63) is 55.3 Å². The summed E-state index contributed by atoms with van der Waals surface area (Å²) in [6.07, 6.45) is 4.96. The molecule has 0 spiro atoms. The number of carbonyl (C=O) groups is 1. The smallest absolute Gasteiger partial charge is 0.343 e. The van der Waals surface area contributed by atoms with E-state index in [1.54, 1.807) is 29.1 Å². The van der Waals surface area contributed by atoms with Gasteiger partial charge >= 0.3 is 5.97 Å². The van der Waals surface area contributed by atoms with Gasteiger partial charge in [-0.2, -0.15) is 5.10 Å². The summed E-state index contributed by atoms with van der Waals surface area (Å²) < 4.78 is 1.75. The predicted molar refractivity (Wildman–Crippen MR) is 86.4 cm³/mol. The summed E-state index contributed by atoms with van der Waals surface area (Å²) in [6.45, 7) is 7.96. The second-order valence-corrected chi connectivity index (χ2v) is 4.94. The first-order valence-corrected chi connectivity index (χ1v) is 6.92. The van der Waals surface area contributed by atoms with Crippen molar-refractivity contribution < 1.29 is 9.90 Å². The molecule has 1 aromatic carbocycles. The minimum atomic E-state index is -1.41. The quantitative estimate of drug-likeness (QED) is 0.507. The number of nitrogens with one attached hydrogen (secondary N) is 2. The maximum atomic E-state index is 12.0. The predicted octanol–water partition coefficient (Wildman–Crippen LogP) is 1.36. The molecule has 0 saturated carbocycles. The van der Waals surface area contributed by atoms with Gasteiger partial charge < -0.3 is 5.11 Å². The van der Waals surface area contributed by atoms with E-state index in [1.165, 1.54) is 0 Å². The second-order valence-electron chi connectivity index (χ2n) is 4.94. The third-order valence-corrected chi connectivity index (χ3v) is 3.52. The normalized spacial score (nSPS) is 11.5. The number of hydrogen-bond acceptors (Lipinski definition) is 4. The molecule has 1 heterocycles. The Morgan fingerprint density at radius 1 is 1.36 bits per heavy atom. The lowest BCUT2D eigenvalue weighted by molar-refractivity contribution is -0.147. The lowest BCUT2D eigenvalue weighted by Gasteiger charge is -2.31. The molecule has 0 bridgehead atoms. The molecule has 6 heteroatoms.